The number of nitrogens with two attached hydrogens (primary N) is 1. The van der Waals surface area contributed by atoms with E-state index >= 15 is 0 Å². The van der Waals surface area contributed by atoms with Gasteiger partial charge in [0.2, 0.25) is 11.8 Å². The van der Waals surface area contributed by atoms with E-state index in [0.717, 1.165) is 60.2 Å². The fraction of sp³-hybridized carbons (Fsp3) is 0.391. The number of benzene rings is 2. The van der Waals surface area contributed by atoms with Gasteiger partial charge >= 0.3 is 0 Å². The molecular weight excluding hydrogens is 352 g/mol. The Morgan fingerprint density at radius 3 is 2.82 bits per heavy atom. The minimum absolute atomic E-state index is 0.0401. The van der Waals surface area contributed by atoms with Gasteiger partial charge in [-0.15, -0.1) is 0 Å². The second-order valence-corrected chi connectivity index (χ2v) is 7.55. The highest BCUT2D eigenvalue weighted by atomic mass is 16.5. The Morgan fingerprint density at radius 1 is 1.25 bits per heavy atom. The zero-order valence-corrected chi connectivity index (χ0v) is 16.2. The first-order valence-corrected chi connectivity index (χ1v) is 10.0. The number of nitrogens with zero attached hydrogens (tertiary/aromatic N) is 1. The lowest BCUT2D eigenvalue weighted by Crippen LogP contribution is -2.38. The van der Waals surface area contributed by atoms with E-state index in [9.17, 15) is 9.59 Å². The van der Waals surface area contributed by atoms with Crippen LogP contribution < -0.4 is 10.6 Å². The third-order valence-corrected chi connectivity index (χ3v) is 5.84. The molecule has 0 aliphatic carbocycles. The van der Waals surface area contributed by atoms with Gasteiger partial charge in [-0.3, -0.25) is 9.59 Å². The molecule has 2 amide bonds. The maximum atomic E-state index is 12.9. The van der Waals surface area contributed by atoms with Gasteiger partial charge in [0.05, 0.1) is 12.5 Å². The molecule has 28 heavy (non-hydrogen) atoms. The molecular formula is C23H26N2O3. The Morgan fingerprint density at radius 2 is 2.11 bits per heavy atom. The molecule has 146 valence electrons. The average Bonchev–Trinajstić information content (AvgIpc) is 3.16. The van der Waals surface area contributed by atoms with E-state index < -0.39 is 5.91 Å². The maximum Gasteiger partial charge on any atom is 0.249 e. The van der Waals surface area contributed by atoms with Gasteiger partial charge in [-0.25, -0.2) is 0 Å². The largest absolute Gasteiger partial charge is 0.381 e. The van der Waals surface area contributed by atoms with Crippen LogP contribution in [-0.2, 0) is 22.4 Å². The maximum absolute atomic E-state index is 12.9. The van der Waals surface area contributed by atoms with Crippen LogP contribution in [-0.4, -0.2) is 31.6 Å². The summed E-state index contributed by atoms with van der Waals surface area (Å²) in [4.78, 5) is 26.8. The molecule has 2 aliphatic rings. The molecule has 2 N–H and O–H groups in total. The van der Waals surface area contributed by atoms with Crippen molar-refractivity contribution < 1.29 is 14.3 Å². The van der Waals surface area contributed by atoms with Crippen LogP contribution in [0.5, 0.6) is 0 Å². The molecule has 0 saturated carbocycles. The number of hydrogen-bond acceptors (Lipinski definition) is 3. The van der Waals surface area contributed by atoms with Crippen molar-refractivity contribution >= 4 is 17.5 Å². The third kappa shape index (κ3) is 3.31. The van der Waals surface area contributed by atoms with Crippen LogP contribution in [0.4, 0.5) is 5.69 Å². The van der Waals surface area contributed by atoms with Crippen LogP contribution in [0.3, 0.4) is 0 Å². The Labute approximate surface area is 165 Å². The van der Waals surface area contributed by atoms with Crippen molar-refractivity contribution in [2.24, 2.45) is 11.7 Å². The number of amides is 2. The summed E-state index contributed by atoms with van der Waals surface area (Å²) in [5, 5.41) is 0. The quantitative estimate of drug-likeness (QED) is 0.887. The van der Waals surface area contributed by atoms with Gasteiger partial charge in [0.25, 0.3) is 0 Å². The van der Waals surface area contributed by atoms with Gasteiger partial charge < -0.3 is 15.4 Å². The lowest BCUT2D eigenvalue weighted by molar-refractivity contribution is -0.126. The van der Waals surface area contributed by atoms with Crippen LogP contribution in [0.2, 0.25) is 0 Å². The molecule has 0 bridgehead atoms. The summed E-state index contributed by atoms with van der Waals surface area (Å²) in [7, 11) is 0. The molecule has 1 saturated heterocycles. The summed E-state index contributed by atoms with van der Waals surface area (Å²) in [6.45, 7) is 4.05. The predicted octanol–water partition coefficient (Wildman–Crippen LogP) is 3.33. The van der Waals surface area contributed by atoms with Crippen molar-refractivity contribution in [3.63, 3.8) is 0 Å². The molecule has 4 rings (SSSR count). The zero-order chi connectivity index (χ0) is 19.7. The van der Waals surface area contributed by atoms with E-state index in [-0.39, 0.29) is 11.8 Å². The van der Waals surface area contributed by atoms with Crippen molar-refractivity contribution in [1.82, 2.24) is 0 Å². The number of carbonyl (C=O) groups excluding carboxylic acids is 2. The van der Waals surface area contributed by atoms with Crippen molar-refractivity contribution in [2.75, 3.05) is 24.7 Å². The Hall–Kier alpha value is -2.66. The smallest absolute Gasteiger partial charge is 0.249 e. The van der Waals surface area contributed by atoms with Gasteiger partial charge in [0.1, 0.15) is 0 Å². The molecule has 5 heteroatoms. The molecule has 1 atom stereocenters. The Bertz CT molecular complexity index is 916. The Kier molecular flexibility index (Phi) is 5.18. The molecule has 2 aromatic carbocycles. The fourth-order valence-electron chi connectivity index (χ4n) is 4.38. The lowest BCUT2D eigenvalue weighted by Gasteiger charge is -2.26. The van der Waals surface area contributed by atoms with Gasteiger partial charge in [-0.05, 0) is 66.1 Å². The third-order valence-electron chi connectivity index (χ3n) is 5.84. The highest BCUT2D eigenvalue weighted by Gasteiger charge is 2.31. The standard InChI is InChI=1S/C23H26N2O3/c1-2-15-5-3-7-19(22(24)26)21(15)17-8-9-20-16(13-17)10-11-25(20)23(27)18-6-4-12-28-14-18/h3,5,7-9,13,18H,2,4,6,10-12,14H2,1H3,(H2,24,26). The minimum atomic E-state index is -0.417. The molecule has 0 aromatic heterocycles. The van der Waals surface area contributed by atoms with Gasteiger partial charge in [-0.1, -0.05) is 25.1 Å². The van der Waals surface area contributed by atoms with Gasteiger partial charge in [0.15, 0.2) is 0 Å². The normalized spacial score (nSPS) is 18.8. The van der Waals surface area contributed by atoms with E-state index in [1.807, 2.05) is 29.2 Å². The molecule has 2 aliphatic heterocycles. The highest BCUT2D eigenvalue weighted by Crippen LogP contribution is 2.36. The molecule has 2 aromatic rings. The SMILES string of the molecule is CCc1cccc(C(N)=O)c1-c1ccc2c(c1)CCN2C(=O)C1CCCOC1. The number of hydrogen-bond donors (Lipinski definition) is 1. The second-order valence-electron chi connectivity index (χ2n) is 7.55. The van der Waals surface area contributed by atoms with E-state index in [1.165, 1.54) is 0 Å². The van der Waals surface area contributed by atoms with Crippen molar-refractivity contribution in [3.05, 3.63) is 53.1 Å². The Balaban J connectivity index is 1.68. The van der Waals surface area contributed by atoms with Gasteiger partial charge in [-0.2, -0.15) is 0 Å². The van der Waals surface area contributed by atoms with Crippen LogP contribution in [0.1, 0.15) is 41.3 Å². The van der Waals surface area contributed by atoms with Crippen molar-refractivity contribution in [3.8, 4) is 11.1 Å². The fourth-order valence-corrected chi connectivity index (χ4v) is 4.38. The molecule has 0 radical (unpaired) electrons. The van der Waals surface area contributed by atoms with Crippen LogP contribution in [0.15, 0.2) is 36.4 Å². The first-order chi connectivity index (χ1) is 13.6. The van der Waals surface area contributed by atoms with E-state index in [0.29, 0.717) is 18.7 Å². The number of primary amides is 1. The van der Waals surface area contributed by atoms with E-state index in [4.69, 9.17) is 10.5 Å². The monoisotopic (exact) mass is 378 g/mol. The summed E-state index contributed by atoms with van der Waals surface area (Å²) < 4.78 is 5.50. The van der Waals surface area contributed by atoms with Crippen LogP contribution in [0.25, 0.3) is 11.1 Å². The van der Waals surface area contributed by atoms with Crippen LogP contribution >= 0.6 is 0 Å². The number of aryl methyl sites for hydroxylation is 1. The summed E-state index contributed by atoms with van der Waals surface area (Å²) in [6.07, 6.45) is 3.48. The average molecular weight is 378 g/mol. The topological polar surface area (TPSA) is 72.6 Å². The molecule has 5 nitrogen and oxygen atoms in total. The number of anilines is 1. The number of ether oxygens (including phenoxy) is 1. The molecule has 1 unspecified atom stereocenters. The van der Waals surface area contributed by atoms with Crippen molar-refractivity contribution in [1.29, 1.82) is 0 Å². The number of rotatable bonds is 4. The number of carbonyl (C=O) groups is 2. The zero-order valence-electron chi connectivity index (χ0n) is 16.2. The molecule has 2 heterocycles. The predicted molar refractivity (Wildman–Crippen MR) is 109 cm³/mol. The first-order valence-electron chi connectivity index (χ1n) is 10.0. The first kappa shape index (κ1) is 18.7. The van der Waals surface area contributed by atoms with E-state index in [1.54, 1.807) is 6.07 Å². The highest BCUT2D eigenvalue weighted by molar-refractivity contribution is 6.01. The number of fused-ring (bicyclic) bond motifs is 1. The summed E-state index contributed by atoms with van der Waals surface area (Å²) in [5.41, 5.74) is 11.3. The van der Waals surface area contributed by atoms with Crippen molar-refractivity contribution in [2.45, 2.75) is 32.6 Å². The van der Waals surface area contributed by atoms with Gasteiger partial charge in [0, 0.05) is 24.4 Å². The lowest BCUT2D eigenvalue weighted by atomic mass is 9.91. The van der Waals surface area contributed by atoms with Crippen LogP contribution in [0, 0.1) is 5.92 Å². The van der Waals surface area contributed by atoms with E-state index in [2.05, 4.69) is 13.0 Å². The second kappa shape index (κ2) is 7.76. The summed E-state index contributed by atoms with van der Waals surface area (Å²) >= 11 is 0. The summed E-state index contributed by atoms with van der Waals surface area (Å²) in [5.74, 6) is -0.292. The molecule has 1 fully saturated rings. The molecule has 0 spiro atoms. The summed E-state index contributed by atoms with van der Waals surface area (Å²) in [6, 6.07) is 11.8. The minimum Gasteiger partial charge on any atom is -0.381 e.